The van der Waals surface area contributed by atoms with Gasteiger partial charge in [0.25, 0.3) is 0 Å². The molecule has 7 N–H and O–H groups in total. The van der Waals surface area contributed by atoms with Gasteiger partial charge >= 0.3 is 0 Å². The molecule has 0 bridgehead atoms. The van der Waals surface area contributed by atoms with Gasteiger partial charge in [0.2, 0.25) is 5.91 Å². The van der Waals surface area contributed by atoms with Crippen molar-refractivity contribution in [3.05, 3.63) is 0 Å². The fourth-order valence-corrected chi connectivity index (χ4v) is 10.7. The van der Waals surface area contributed by atoms with Gasteiger partial charge in [-0.25, -0.2) is 0 Å². The van der Waals surface area contributed by atoms with Crippen LogP contribution in [0.25, 0.3) is 0 Å². The Hall–Kier alpha value is -0.420. The zero-order valence-electron chi connectivity index (χ0n) is 40.1. The Labute approximate surface area is 381 Å². The second-order valence-electron chi connectivity index (χ2n) is 19.3. The third-order valence-corrected chi connectivity index (χ3v) is 15.0. The zero-order valence-corrected chi connectivity index (χ0v) is 40.9. The van der Waals surface area contributed by atoms with Crippen LogP contribution in [0.4, 0.5) is 0 Å². The summed E-state index contributed by atoms with van der Waals surface area (Å²) in [7, 11) is 0. The van der Waals surface area contributed by atoms with E-state index in [9.17, 15) is 35.4 Å². The summed E-state index contributed by atoms with van der Waals surface area (Å²) in [5, 5.41) is 65.9. The molecule has 8 atom stereocenters. The Morgan fingerprint density at radius 2 is 0.852 bits per heavy atom. The first kappa shape index (κ1) is 58.6. The maximum absolute atomic E-state index is 13.1. The van der Waals surface area contributed by atoms with E-state index in [1.165, 1.54) is 204 Å². The third kappa shape index (κ3) is 32.0. The van der Waals surface area contributed by atoms with Crippen molar-refractivity contribution in [2.75, 3.05) is 12.4 Å². The number of unbranched alkanes of at least 4 members (excludes halogenated alkanes) is 34. The summed E-state index contributed by atoms with van der Waals surface area (Å²) in [6.45, 7) is 4.23. The van der Waals surface area contributed by atoms with E-state index in [0.717, 1.165) is 38.5 Å². The van der Waals surface area contributed by atoms with Gasteiger partial charge in [-0.05, 0) is 19.3 Å². The Morgan fingerprint density at radius 3 is 1.21 bits per heavy atom. The number of carbonyl (C=O) groups excluding carboxylic acids is 1. The minimum absolute atomic E-state index is 0.145. The smallest absolute Gasteiger partial charge is 0.220 e. The van der Waals surface area contributed by atoms with E-state index >= 15 is 0 Å². The van der Waals surface area contributed by atoms with Crippen molar-refractivity contribution in [2.45, 2.75) is 306 Å². The average Bonchev–Trinajstić information content (AvgIpc) is 3.26. The van der Waals surface area contributed by atoms with Crippen molar-refractivity contribution in [1.82, 2.24) is 5.32 Å². The van der Waals surface area contributed by atoms with Crippen molar-refractivity contribution in [1.29, 1.82) is 0 Å². The molecule has 0 radical (unpaired) electrons. The molecule has 0 aromatic heterocycles. The molecular weight excluding hydrogens is 783 g/mol. The molecule has 1 rings (SSSR count). The highest BCUT2D eigenvalue weighted by atomic mass is 32.2. The molecule has 1 aliphatic carbocycles. The zero-order chi connectivity index (χ0) is 44.6. The number of rotatable bonds is 45. The second-order valence-corrected chi connectivity index (χ2v) is 20.6. The van der Waals surface area contributed by atoms with Gasteiger partial charge in [0.15, 0.2) is 0 Å². The predicted molar refractivity (Wildman–Crippen MR) is 260 cm³/mol. The normalized spacial score (nSPS) is 20.8. The summed E-state index contributed by atoms with van der Waals surface area (Å²) >= 11 is 1.31. The first-order chi connectivity index (χ1) is 29.8. The minimum Gasteiger partial charge on any atom is -0.396 e. The number of hydrogen-bond acceptors (Lipinski definition) is 8. The summed E-state index contributed by atoms with van der Waals surface area (Å²) in [6.07, 6.45) is 41.8. The van der Waals surface area contributed by atoms with Crippen LogP contribution < -0.4 is 5.32 Å². The lowest BCUT2D eigenvalue weighted by atomic mass is 9.83. The number of aliphatic hydroxyl groups excluding tert-OH is 6. The van der Waals surface area contributed by atoms with Crippen LogP contribution in [-0.4, -0.2) is 90.7 Å². The van der Waals surface area contributed by atoms with Crippen LogP contribution in [-0.2, 0) is 4.79 Å². The van der Waals surface area contributed by atoms with E-state index < -0.39 is 47.7 Å². The molecule has 0 aliphatic heterocycles. The monoisotopic (exact) mass is 886 g/mol. The highest BCUT2D eigenvalue weighted by molar-refractivity contribution is 8.00. The summed E-state index contributed by atoms with van der Waals surface area (Å²) in [4.78, 5) is 13.1. The summed E-state index contributed by atoms with van der Waals surface area (Å²) in [6, 6.07) is -0.719. The van der Waals surface area contributed by atoms with E-state index in [-0.39, 0.29) is 18.3 Å². The summed E-state index contributed by atoms with van der Waals surface area (Å²) in [5.74, 6) is -0.465. The first-order valence-electron chi connectivity index (χ1n) is 26.7. The van der Waals surface area contributed by atoms with Crippen molar-refractivity contribution in [3.8, 4) is 0 Å². The van der Waals surface area contributed by atoms with Gasteiger partial charge in [0.05, 0.1) is 24.4 Å². The first-order valence-corrected chi connectivity index (χ1v) is 27.7. The maximum atomic E-state index is 13.1. The van der Waals surface area contributed by atoms with Crippen molar-refractivity contribution in [3.63, 3.8) is 0 Å². The number of carbonyl (C=O) groups is 1. The van der Waals surface area contributed by atoms with Gasteiger partial charge in [-0.1, -0.05) is 239 Å². The van der Waals surface area contributed by atoms with Crippen LogP contribution in [0.15, 0.2) is 0 Å². The molecule has 0 saturated heterocycles. The van der Waals surface area contributed by atoms with Crippen molar-refractivity contribution in [2.24, 2.45) is 5.92 Å². The van der Waals surface area contributed by atoms with E-state index in [1.54, 1.807) is 0 Å². The summed E-state index contributed by atoms with van der Waals surface area (Å²) in [5.41, 5.74) is 0. The molecule has 1 amide bonds. The molecule has 0 heterocycles. The molecule has 364 valence electrons. The standard InChI is InChI=1S/C52H103NO7S/c1-3-5-7-9-11-13-15-17-18-19-20-21-22-23-24-25-26-27-28-30-32-34-36-38-40-48(56)53-45(43-61-47-41-44(42-54)49(57)52(60)51(47)59)50(58)46(55)39-37-35-33-31-29-16-14-12-10-8-6-4-2/h44-47,49-52,54-55,57-60H,3-43H2,1-2H3,(H,53,56)/t44-,45+,46-,47+,49+,50+,51+,52+/m1/s1. The average molecular weight is 886 g/mol. The fourth-order valence-electron chi connectivity index (χ4n) is 9.24. The van der Waals surface area contributed by atoms with Gasteiger partial charge in [0, 0.05) is 29.9 Å². The number of aliphatic hydroxyl groups is 6. The van der Waals surface area contributed by atoms with Crippen LogP contribution in [0.2, 0.25) is 0 Å². The Bertz CT molecular complexity index is 943. The number of thioether (sulfide) groups is 1. The van der Waals surface area contributed by atoms with Crippen LogP contribution in [0.5, 0.6) is 0 Å². The SMILES string of the molecule is CCCCCCCCCCCCCCCCCCCCCCCCCCC(=O)N[C@@H](CS[C@H]1C[C@H](CO)[C@H](O)[C@H](O)[C@H]1O)[C@H](O)[C@H](O)CCCCCCCCCCCCCC. The highest BCUT2D eigenvalue weighted by Gasteiger charge is 2.43. The van der Waals surface area contributed by atoms with E-state index in [4.69, 9.17) is 0 Å². The lowest BCUT2D eigenvalue weighted by molar-refractivity contribution is -0.123. The molecule has 1 aliphatic rings. The quantitative estimate of drug-likeness (QED) is 0.0299. The van der Waals surface area contributed by atoms with Gasteiger partial charge in [-0.2, -0.15) is 11.8 Å². The minimum atomic E-state index is -1.37. The van der Waals surface area contributed by atoms with Gasteiger partial charge in [-0.15, -0.1) is 0 Å². The Balaban J connectivity index is 2.24. The number of hydrogen-bond donors (Lipinski definition) is 7. The molecule has 9 heteroatoms. The molecule has 61 heavy (non-hydrogen) atoms. The van der Waals surface area contributed by atoms with Crippen LogP contribution in [0.3, 0.4) is 0 Å². The molecule has 8 nitrogen and oxygen atoms in total. The lowest BCUT2D eigenvalue weighted by Gasteiger charge is -2.40. The van der Waals surface area contributed by atoms with Crippen LogP contribution >= 0.6 is 11.8 Å². The van der Waals surface area contributed by atoms with Gasteiger partial charge in [-0.3, -0.25) is 4.79 Å². The van der Waals surface area contributed by atoms with Gasteiger partial charge in [0.1, 0.15) is 12.2 Å². The van der Waals surface area contributed by atoms with Crippen molar-refractivity contribution >= 4 is 17.7 Å². The predicted octanol–water partition coefficient (Wildman–Crippen LogP) is 12.3. The topological polar surface area (TPSA) is 150 Å². The summed E-state index contributed by atoms with van der Waals surface area (Å²) < 4.78 is 0. The van der Waals surface area contributed by atoms with Crippen molar-refractivity contribution < 1.29 is 35.4 Å². The molecule has 0 unspecified atom stereocenters. The number of amides is 1. The molecular formula is C52H103NO7S. The van der Waals surface area contributed by atoms with Gasteiger partial charge < -0.3 is 36.0 Å². The second kappa shape index (κ2) is 42.2. The molecule has 0 aromatic rings. The van der Waals surface area contributed by atoms with Crippen LogP contribution in [0, 0.1) is 5.92 Å². The number of nitrogens with one attached hydrogen (secondary N) is 1. The molecule has 1 saturated carbocycles. The third-order valence-electron chi connectivity index (χ3n) is 13.6. The Kier molecular flexibility index (Phi) is 40.6. The van der Waals surface area contributed by atoms with Crippen LogP contribution in [0.1, 0.15) is 264 Å². The Morgan fingerprint density at radius 1 is 0.508 bits per heavy atom. The largest absolute Gasteiger partial charge is 0.396 e. The van der Waals surface area contributed by atoms with E-state index in [1.807, 2.05) is 0 Å². The highest BCUT2D eigenvalue weighted by Crippen LogP contribution is 2.34. The fraction of sp³-hybridized carbons (Fsp3) is 0.981. The molecule has 0 aromatic carbocycles. The molecule has 1 fully saturated rings. The maximum Gasteiger partial charge on any atom is 0.220 e. The van der Waals surface area contributed by atoms with E-state index in [0.29, 0.717) is 19.3 Å². The molecule has 0 spiro atoms. The lowest BCUT2D eigenvalue weighted by Crippen LogP contribution is -2.54. The van der Waals surface area contributed by atoms with E-state index in [2.05, 4.69) is 19.2 Å².